The highest BCUT2D eigenvalue weighted by molar-refractivity contribution is 5.97. The molecular weight excluding hydrogens is 220 g/mol. The molecule has 0 aliphatic rings. The molecule has 0 radical (unpaired) electrons. The highest BCUT2D eigenvalue weighted by Crippen LogP contribution is 2.23. The molecule has 0 aliphatic heterocycles. The molecule has 2 N–H and O–H groups in total. The highest BCUT2D eigenvalue weighted by atomic mass is 16.6. The summed E-state index contributed by atoms with van der Waals surface area (Å²) in [5.74, 6) is -0.0680. The van der Waals surface area contributed by atoms with Gasteiger partial charge in [0.25, 0.3) is 5.69 Å². The van der Waals surface area contributed by atoms with Gasteiger partial charge in [-0.25, -0.2) is 0 Å². The summed E-state index contributed by atoms with van der Waals surface area (Å²) in [5, 5.41) is 10.7. The molecular formula is C12H16N2O3. The number of unbranched alkanes of at least 4 members (excludes halogenated alkanes) is 2. The average Bonchev–Trinajstić information content (AvgIpc) is 2.29. The van der Waals surface area contributed by atoms with E-state index >= 15 is 0 Å². The molecule has 1 aromatic rings. The summed E-state index contributed by atoms with van der Waals surface area (Å²) in [6.45, 7) is 2.05. The van der Waals surface area contributed by atoms with E-state index in [9.17, 15) is 14.9 Å². The number of ketones is 1. The summed E-state index contributed by atoms with van der Waals surface area (Å²) in [6.07, 6.45) is 3.26. The van der Waals surface area contributed by atoms with Gasteiger partial charge in [0.15, 0.2) is 5.78 Å². The molecule has 0 bridgehead atoms. The Balaban J connectivity index is 2.81. The van der Waals surface area contributed by atoms with E-state index in [0.717, 1.165) is 19.3 Å². The van der Waals surface area contributed by atoms with Crippen LogP contribution in [-0.2, 0) is 0 Å². The summed E-state index contributed by atoms with van der Waals surface area (Å²) >= 11 is 0. The second-order valence-corrected chi connectivity index (χ2v) is 3.91. The first kappa shape index (κ1) is 13.2. The Morgan fingerprint density at radius 2 is 2.12 bits per heavy atom. The van der Waals surface area contributed by atoms with Gasteiger partial charge in [-0.3, -0.25) is 14.9 Å². The summed E-state index contributed by atoms with van der Waals surface area (Å²) in [7, 11) is 0. The molecule has 0 aromatic heterocycles. The Morgan fingerprint density at radius 1 is 1.41 bits per heavy atom. The van der Waals surface area contributed by atoms with E-state index in [1.54, 1.807) is 0 Å². The molecule has 5 heteroatoms. The first-order valence-electron chi connectivity index (χ1n) is 5.63. The number of benzene rings is 1. The van der Waals surface area contributed by atoms with E-state index in [1.165, 1.54) is 18.2 Å². The molecule has 0 aliphatic carbocycles. The average molecular weight is 236 g/mol. The molecule has 0 saturated heterocycles. The van der Waals surface area contributed by atoms with E-state index < -0.39 is 4.92 Å². The van der Waals surface area contributed by atoms with Gasteiger partial charge in [-0.15, -0.1) is 0 Å². The number of anilines is 1. The van der Waals surface area contributed by atoms with Crippen molar-refractivity contribution in [3.63, 3.8) is 0 Å². The van der Waals surface area contributed by atoms with Gasteiger partial charge in [-0.2, -0.15) is 0 Å². The fourth-order valence-electron chi connectivity index (χ4n) is 1.56. The lowest BCUT2D eigenvalue weighted by Crippen LogP contribution is -2.02. The summed E-state index contributed by atoms with van der Waals surface area (Å²) in [6, 6.07) is 4.20. The van der Waals surface area contributed by atoms with E-state index in [1.807, 2.05) is 0 Å². The van der Waals surface area contributed by atoms with E-state index in [-0.39, 0.29) is 17.2 Å². The van der Waals surface area contributed by atoms with Crippen LogP contribution in [0.4, 0.5) is 11.4 Å². The lowest BCUT2D eigenvalue weighted by molar-refractivity contribution is -0.383. The molecule has 92 valence electrons. The van der Waals surface area contributed by atoms with Crippen LogP contribution in [0.15, 0.2) is 18.2 Å². The number of nitrogens with two attached hydrogens (primary N) is 1. The van der Waals surface area contributed by atoms with Crippen molar-refractivity contribution in [2.24, 2.45) is 0 Å². The smallest absolute Gasteiger partial charge is 0.292 e. The van der Waals surface area contributed by atoms with Gasteiger partial charge < -0.3 is 5.73 Å². The lowest BCUT2D eigenvalue weighted by atomic mass is 10.0. The van der Waals surface area contributed by atoms with Gasteiger partial charge in [0.2, 0.25) is 0 Å². The standard InChI is InChI=1S/C12H16N2O3/c1-2-3-4-5-12(15)9-6-7-10(13)11(8-9)14(16)17/h6-8H,2-5,13H2,1H3. The van der Waals surface area contributed by atoms with Crippen LogP contribution in [0.25, 0.3) is 0 Å². The van der Waals surface area contributed by atoms with Crippen LogP contribution in [0.1, 0.15) is 43.0 Å². The number of nitrogens with zero attached hydrogens (tertiary/aromatic N) is 1. The topological polar surface area (TPSA) is 86.2 Å². The third kappa shape index (κ3) is 3.55. The minimum absolute atomic E-state index is 0.0680. The Kier molecular flexibility index (Phi) is 4.63. The Morgan fingerprint density at radius 3 is 2.71 bits per heavy atom. The minimum atomic E-state index is -0.571. The van der Waals surface area contributed by atoms with Gasteiger partial charge in [0, 0.05) is 18.1 Å². The van der Waals surface area contributed by atoms with Crippen LogP contribution >= 0.6 is 0 Å². The van der Waals surface area contributed by atoms with Crippen molar-refractivity contribution >= 4 is 17.2 Å². The van der Waals surface area contributed by atoms with Crippen LogP contribution in [0, 0.1) is 10.1 Å². The molecule has 0 amide bonds. The number of rotatable bonds is 6. The molecule has 0 saturated carbocycles. The molecule has 0 fully saturated rings. The zero-order valence-corrected chi connectivity index (χ0v) is 9.81. The van der Waals surface area contributed by atoms with E-state index in [0.29, 0.717) is 12.0 Å². The maximum absolute atomic E-state index is 11.7. The third-order valence-corrected chi connectivity index (χ3v) is 2.56. The maximum atomic E-state index is 11.7. The number of carbonyl (C=O) groups excluding carboxylic acids is 1. The van der Waals surface area contributed by atoms with Crippen molar-refractivity contribution in [3.8, 4) is 0 Å². The molecule has 1 aromatic carbocycles. The van der Waals surface area contributed by atoms with Crippen LogP contribution in [0.5, 0.6) is 0 Å². The number of Topliss-reactive ketones (excluding diaryl/α,β-unsaturated/α-hetero) is 1. The third-order valence-electron chi connectivity index (χ3n) is 2.56. The van der Waals surface area contributed by atoms with Crippen molar-refractivity contribution in [1.82, 2.24) is 0 Å². The monoisotopic (exact) mass is 236 g/mol. The first-order chi connectivity index (χ1) is 8.06. The number of carbonyl (C=O) groups is 1. The maximum Gasteiger partial charge on any atom is 0.292 e. The second kappa shape index (κ2) is 5.98. The van der Waals surface area contributed by atoms with Gasteiger partial charge >= 0.3 is 0 Å². The molecule has 0 heterocycles. The van der Waals surface area contributed by atoms with Crippen molar-refractivity contribution in [1.29, 1.82) is 0 Å². The predicted octanol–water partition coefficient (Wildman–Crippen LogP) is 2.94. The molecule has 5 nitrogen and oxygen atoms in total. The number of hydrogen-bond donors (Lipinski definition) is 1. The van der Waals surface area contributed by atoms with Gasteiger partial charge in [0.05, 0.1) is 4.92 Å². The van der Waals surface area contributed by atoms with Crippen molar-refractivity contribution in [3.05, 3.63) is 33.9 Å². The van der Waals surface area contributed by atoms with Gasteiger partial charge in [-0.1, -0.05) is 19.8 Å². The van der Waals surface area contributed by atoms with Crippen molar-refractivity contribution < 1.29 is 9.72 Å². The number of nitrogen functional groups attached to an aromatic ring is 1. The van der Waals surface area contributed by atoms with Crippen LogP contribution in [0.2, 0.25) is 0 Å². The molecule has 17 heavy (non-hydrogen) atoms. The Labute approximate surface area is 99.8 Å². The van der Waals surface area contributed by atoms with Gasteiger partial charge in [-0.05, 0) is 18.6 Å². The quantitative estimate of drug-likeness (QED) is 0.270. The predicted molar refractivity (Wildman–Crippen MR) is 66.0 cm³/mol. The van der Waals surface area contributed by atoms with Crippen molar-refractivity contribution in [2.45, 2.75) is 32.6 Å². The van der Waals surface area contributed by atoms with Gasteiger partial charge in [0.1, 0.15) is 5.69 Å². The zero-order valence-electron chi connectivity index (χ0n) is 9.81. The largest absolute Gasteiger partial charge is 0.393 e. The second-order valence-electron chi connectivity index (χ2n) is 3.91. The normalized spacial score (nSPS) is 10.2. The fraction of sp³-hybridized carbons (Fsp3) is 0.417. The van der Waals surface area contributed by atoms with Crippen molar-refractivity contribution in [2.75, 3.05) is 5.73 Å². The molecule has 1 rings (SSSR count). The number of nitro benzene ring substituents is 1. The lowest BCUT2D eigenvalue weighted by Gasteiger charge is -2.02. The molecule has 0 spiro atoms. The molecule has 0 atom stereocenters. The summed E-state index contributed by atoms with van der Waals surface area (Å²) < 4.78 is 0. The van der Waals surface area contributed by atoms with E-state index in [2.05, 4.69) is 6.92 Å². The fourth-order valence-corrected chi connectivity index (χ4v) is 1.56. The summed E-state index contributed by atoms with van der Waals surface area (Å²) in [5.41, 5.74) is 5.70. The number of nitro groups is 1. The summed E-state index contributed by atoms with van der Waals surface area (Å²) in [4.78, 5) is 21.8. The van der Waals surface area contributed by atoms with Crippen LogP contribution < -0.4 is 5.73 Å². The van der Waals surface area contributed by atoms with Crippen LogP contribution in [-0.4, -0.2) is 10.7 Å². The zero-order chi connectivity index (χ0) is 12.8. The number of hydrogen-bond acceptors (Lipinski definition) is 4. The Hall–Kier alpha value is -1.91. The van der Waals surface area contributed by atoms with Crippen LogP contribution in [0.3, 0.4) is 0 Å². The first-order valence-corrected chi connectivity index (χ1v) is 5.63. The molecule has 0 unspecified atom stereocenters. The SMILES string of the molecule is CCCCCC(=O)c1ccc(N)c([N+](=O)[O-])c1. The Bertz CT molecular complexity index is 430. The minimum Gasteiger partial charge on any atom is -0.393 e. The highest BCUT2D eigenvalue weighted by Gasteiger charge is 2.15. The van der Waals surface area contributed by atoms with E-state index in [4.69, 9.17) is 5.73 Å².